The summed E-state index contributed by atoms with van der Waals surface area (Å²) in [5.74, 6) is 0.452. The summed E-state index contributed by atoms with van der Waals surface area (Å²) < 4.78 is 0. The Bertz CT molecular complexity index is 182. The van der Waals surface area contributed by atoms with Crippen LogP contribution in [0.1, 0.15) is 52.4 Å². The molecule has 1 aliphatic rings. The molecule has 1 rings (SSSR count). The Labute approximate surface area is 81.9 Å². The van der Waals surface area contributed by atoms with Gasteiger partial charge in [0.05, 0.1) is 5.60 Å². The normalized spacial score (nSPS) is 34.5. The first kappa shape index (κ1) is 10.8. The maximum Gasteiger partial charge on any atom is 0.0650 e. The fraction of sp³-hybridized carbons (Fsp3) is 0.833. The van der Waals surface area contributed by atoms with Crippen LogP contribution in [-0.2, 0) is 0 Å². The molecule has 2 atom stereocenters. The second-order valence-electron chi connectivity index (χ2n) is 4.61. The van der Waals surface area contributed by atoms with Crippen molar-refractivity contribution in [1.82, 2.24) is 0 Å². The van der Waals surface area contributed by atoms with Gasteiger partial charge in [0.15, 0.2) is 0 Å². The van der Waals surface area contributed by atoms with E-state index >= 15 is 0 Å². The van der Waals surface area contributed by atoms with E-state index in [0.717, 1.165) is 19.3 Å². The second kappa shape index (κ2) is 4.28. The van der Waals surface area contributed by atoms with Gasteiger partial charge in [-0.3, -0.25) is 0 Å². The van der Waals surface area contributed by atoms with Crippen molar-refractivity contribution in [3.8, 4) is 0 Å². The topological polar surface area (TPSA) is 20.2 Å². The van der Waals surface area contributed by atoms with E-state index in [-0.39, 0.29) is 0 Å². The van der Waals surface area contributed by atoms with Gasteiger partial charge in [-0.2, -0.15) is 0 Å². The summed E-state index contributed by atoms with van der Waals surface area (Å²) in [6, 6.07) is 0. The molecule has 1 N–H and O–H groups in total. The van der Waals surface area contributed by atoms with Gasteiger partial charge in [0, 0.05) is 0 Å². The highest BCUT2D eigenvalue weighted by molar-refractivity contribution is 4.99. The van der Waals surface area contributed by atoms with Gasteiger partial charge in [0.2, 0.25) is 0 Å². The van der Waals surface area contributed by atoms with Crippen LogP contribution in [0.25, 0.3) is 0 Å². The highest BCUT2D eigenvalue weighted by atomic mass is 16.3. The van der Waals surface area contributed by atoms with Crippen LogP contribution < -0.4 is 0 Å². The minimum absolute atomic E-state index is 0.434. The van der Waals surface area contributed by atoms with Gasteiger partial charge >= 0.3 is 0 Å². The largest absolute Gasteiger partial charge is 0.390 e. The molecule has 0 spiro atoms. The summed E-state index contributed by atoms with van der Waals surface area (Å²) in [7, 11) is 0. The van der Waals surface area contributed by atoms with Crippen molar-refractivity contribution >= 4 is 0 Å². The lowest BCUT2D eigenvalue weighted by Crippen LogP contribution is -2.37. The van der Waals surface area contributed by atoms with Crippen LogP contribution in [0.2, 0.25) is 0 Å². The molecule has 0 aromatic carbocycles. The zero-order valence-electron chi connectivity index (χ0n) is 8.97. The predicted octanol–water partition coefficient (Wildman–Crippen LogP) is 3.28. The van der Waals surface area contributed by atoms with Crippen molar-refractivity contribution in [3.63, 3.8) is 0 Å². The molecular formula is C12H22O. The van der Waals surface area contributed by atoms with Crippen molar-refractivity contribution in [1.29, 1.82) is 0 Å². The van der Waals surface area contributed by atoms with Gasteiger partial charge in [-0.1, -0.05) is 31.9 Å². The van der Waals surface area contributed by atoms with E-state index in [0.29, 0.717) is 5.92 Å². The Morgan fingerprint density at radius 1 is 1.54 bits per heavy atom. The van der Waals surface area contributed by atoms with E-state index < -0.39 is 5.60 Å². The maximum atomic E-state index is 10.1. The molecular weight excluding hydrogens is 160 g/mol. The molecule has 0 aliphatic heterocycles. The summed E-state index contributed by atoms with van der Waals surface area (Å²) in [4.78, 5) is 0. The van der Waals surface area contributed by atoms with Crippen LogP contribution in [0.3, 0.4) is 0 Å². The molecule has 13 heavy (non-hydrogen) atoms. The smallest absolute Gasteiger partial charge is 0.0650 e. The van der Waals surface area contributed by atoms with Gasteiger partial charge < -0.3 is 5.11 Å². The average Bonchev–Trinajstić information content (AvgIpc) is 2.08. The lowest BCUT2D eigenvalue weighted by molar-refractivity contribution is -0.0315. The third-order valence-electron chi connectivity index (χ3n) is 3.40. The summed E-state index contributed by atoms with van der Waals surface area (Å²) in [6.45, 7) is 8.15. The Balaban J connectivity index is 2.51. The van der Waals surface area contributed by atoms with Gasteiger partial charge in [-0.15, -0.1) is 0 Å². The van der Waals surface area contributed by atoms with Gasteiger partial charge in [0.1, 0.15) is 0 Å². The summed E-state index contributed by atoms with van der Waals surface area (Å²) in [6.07, 6.45) is 6.66. The molecule has 1 heteroatoms. The first-order valence-corrected chi connectivity index (χ1v) is 5.45. The van der Waals surface area contributed by atoms with Crippen LogP contribution in [0.15, 0.2) is 12.2 Å². The summed E-state index contributed by atoms with van der Waals surface area (Å²) in [5, 5.41) is 10.1. The molecule has 0 unspecified atom stereocenters. The van der Waals surface area contributed by atoms with Crippen molar-refractivity contribution in [2.75, 3.05) is 0 Å². The van der Waals surface area contributed by atoms with E-state index in [1.807, 2.05) is 6.92 Å². The third-order valence-corrected chi connectivity index (χ3v) is 3.40. The molecule has 0 heterocycles. The minimum Gasteiger partial charge on any atom is -0.390 e. The molecule has 1 aliphatic carbocycles. The van der Waals surface area contributed by atoms with E-state index in [1.165, 1.54) is 24.8 Å². The van der Waals surface area contributed by atoms with E-state index in [2.05, 4.69) is 13.5 Å². The monoisotopic (exact) mass is 182 g/mol. The number of allylic oxidation sites excluding steroid dienone is 1. The number of hydrogen-bond donors (Lipinski definition) is 1. The Hall–Kier alpha value is -0.300. The average molecular weight is 182 g/mol. The van der Waals surface area contributed by atoms with Crippen LogP contribution >= 0.6 is 0 Å². The van der Waals surface area contributed by atoms with E-state index in [4.69, 9.17) is 0 Å². The van der Waals surface area contributed by atoms with Crippen LogP contribution in [0, 0.1) is 5.92 Å². The molecule has 76 valence electrons. The summed E-state index contributed by atoms with van der Waals surface area (Å²) in [5.41, 5.74) is 0.850. The zero-order chi connectivity index (χ0) is 9.90. The minimum atomic E-state index is -0.434. The first-order valence-electron chi connectivity index (χ1n) is 5.45. The highest BCUT2D eigenvalue weighted by Crippen LogP contribution is 2.37. The molecule has 0 radical (unpaired) electrons. The fourth-order valence-corrected chi connectivity index (χ4v) is 2.20. The lowest BCUT2D eigenvalue weighted by atomic mass is 9.73. The quantitative estimate of drug-likeness (QED) is 0.664. The molecule has 0 saturated heterocycles. The van der Waals surface area contributed by atoms with E-state index in [9.17, 15) is 5.11 Å². The lowest BCUT2D eigenvalue weighted by Gasteiger charge is -2.37. The van der Waals surface area contributed by atoms with Gasteiger partial charge in [-0.25, -0.2) is 0 Å². The third kappa shape index (κ3) is 2.84. The SMILES string of the molecule is C=C(CC)C[C@H]1CCCC[C@]1(C)O. The molecule has 1 nitrogen and oxygen atoms in total. The van der Waals surface area contributed by atoms with Gasteiger partial charge in [-0.05, 0) is 38.5 Å². The zero-order valence-corrected chi connectivity index (χ0v) is 8.97. The van der Waals surface area contributed by atoms with E-state index in [1.54, 1.807) is 0 Å². The number of aliphatic hydroxyl groups is 1. The van der Waals surface area contributed by atoms with Gasteiger partial charge in [0.25, 0.3) is 0 Å². The highest BCUT2D eigenvalue weighted by Gasteiger charge is 2.33. The predicted molar refractivity (Wildman–Crippen MR) is 56.6 cm³/mol. The Morgan fingerprint density at radius 2 is 2.23 bits per heavy atom. The summed E-state index contributed by atoms with van der Waals surface area (Å²) >= 11 is 0. The Morgan fingerprint density at radius 3 is 2.77 bits per heavy atom. The molecule has 1 fully saturated rings. The maximum absolute atomic E-state index is 10.1. The molecule has 0 amide bonds. The van der Waals surface area contributed by atoms with Crippen molar-refractivity contribution in [3.05, 3.63) is 12.2 Å². The first-order chi connectivity index (χ1) is 6.06. The Kier molecular flexibility index (Phi) is 3.55. The van der Waals surface area contributed by atoms with Crippen molar-refractivity contribution in [2.45, 2.75) is 58.0 Å². The second-order valence-corrected chi connectivity index (χ2v) is 4.61. The standard InChI is InChI=1S/C12H22O/c1-4-10(2)9-11-7-5-6-8-12(11,3)13/h11,13H,2,4-9H2,1,3H3/t11-,12+/m1/s1. The van der Waals surface area contributed by atoms with Crippen LogP contribution in [0.5, 0.6) is 0 Å². The molecule has 0 bridgehead atoms. The van der Waals surface area contributed by atoms with Crippen LogP contribution in [-0.4, -0.2) is 10.7 Å². The van der Waals surface area contributed by atoms with Crippen molar-refractivity contribution < 1.29 is 5.11 Å². The molecule has 0 aromatic rings. The molecule has 0 aromatic heterocycles. The number of hydrogen-bond acceptors (Lipinski definition) is 1. The number of rotatable bonds is 3. The fourth-order valence-electron chi connectivity index (χ4n) is 2.20. The van der Waals surface area contributed by atoms with Crippen molar-refractivity contribution in [2.24, 2.45) is 5.92 Å². The van der Waals surface area contributed by atoms with Crippen LogP contribution in [0.4, 0.5) is 0 Å². The molecule has 1 saturated carbocycles.